The van der Waals surface area contributed by atoms with Gasteiger partial charge in [-0.1, -0.05) is 41.1 Å². The van der Waals surface area contributed by atoms with Gasteiger partial charge in [0.15, 0.2) is 0 Å². The van der Waals surface area contributed by atoms with Gasteiger partial charge in [0.05, 0.1) is 6.04 Å². The van der Waals surface area contributed by atoms with Crippen LogP contribution in [0.4, 0.5) is 0 Å². The van der Waals surface area contributed by atoms with Crippen LogP contribution in [-0.4, -0.2) is 15.6 Å². The van der Waals surface area contributed by atoms with Crippen LogP contribution in [0.1, 0.15) is 30.8 Å². The lowest BCUT2D eigenvalue weighted by Crippen LogP contribution is -2.33. The molecule has 0 bridgehead atoms. The van der Waals surface area contributed by atoms with Crippen LogP contribution in [0.2, 0.25) is 0 Å². The van der Waals surface area contributed by atoms with E-state index in [1.165, 1.54) is 0 Å². The van der Waals surface area contributed by atoms with Crippen LogP contribution in [0.15, 0.2) is 41.1 Å². The first-order chi connectivity index (χ1) is 9.19. The predicted molar refractivity (Wildman–Crippen MR) is 77.5 cm³/mol. The second-order valence-corrected chi connectivity index (χ2v) is 5.16. The molecule has 2 aromatic rings. The molecule has 0 saturated heterocycles. The molecule has 19 heavy (non-hydrogen) atoms. The van der Waals surface area contributed by atoms with Crippen LogP contribution in [0.5, 0.6) is 0 Å². The van der Waals surface area contributed by atoms with E-state index in [2.05, 4.69) is 27.0 Å². The molecule has 0 aliphatic heterocycles. The summed E-state index contributed by atoms with van der Waals surface area (Å²) in [6, 6.07) is 9.85. The highest BCUT2D eigenvalue weighted by atomic mass is 79.9. The Kier molecular flexibility index (Phi) is 4.35. The molecule has 0 aliphatic rings. The smallest absolute Gasteiger partial charge is 0.213 e. The molecule has 0 aliphatic carbocycles. The molecule has 1 heterocycles. The van der Waals surface area contributed by atoms with Crippen molar-refractivity contribution in [3.8, 4) is 6.07 Å². The Morgan fingerprint density at radius 1 is 1.47 bits per heavy atom. The number of benzene rings is 1. The largest absolute Gasteiger partial charge is 0.326 e. The molecule has 0 spiro atoms. The van der Waals surface area contributed by atoms with E-state index in [-0.39, 0.29) is 12.1 Å². The summed E-state index contributed by atoms with van der Waals surface area (Å²) in [4.78, 5) is 4.06. The molecule has 1 aromatic carbocycles. The summed E-state index contributed by atoms with van der Waals surface area (Å²) >= 11 is 3.55. The number of hydrogen-bond acceptors (Lipinski definition) is 3. The van der Waals surface area contributed by atoms with Crippen LogP contribution < -0.4 is 5.73 Å². The van der Waals surface area contributed by atoms with Crippen LogP contribution in [0.25, 0.3) is 0 Å². The fourth-order valence-corrected chi connectivity index (χ4v) is 2.67. The maximum atomic E-state index is 9.14. The monoisotopic (exact) mass is 318 g/mol. The molecule has 0 saturated carbocycles. The number of nitrogens with two attached hydrogens (primary N) is 1. The van der Waals surface area contributed by atoms with E-state index >= 15 is 0 Å². The molecule has 2 N–H and O–H groups in total. The number of nitriles is 1. The summed E-state index contributed by atoms with van der Waals surface area (Å²) in [5.41, 5.74) is 7.32. The third-order valence-electron chi connectivity index (χ3n) is 3.17. The van der Waals surface area contributed by atoms with Crippen molar-refractivity contribution >= 4 is 15.9 Å². The third-order valence-corrected chi connectivity index (χ3v) is 3.89. The van der Waals surface area contributed by atoms with Crippen molar-refractivity contribution in [3.05, 3.63) is 52.5 Å². The van der Waals surface area contributed by atoms with Gasteiger partial charge in [-0.25, -0.2) is 4.98 Å². The summed E-state index contributed by atoms with van der Waals surface area (Å²) in [7, 11) is 0. The minimum absolute atomic E-state index is 0.0833. The van der Waals surface area contributed by atoms with Gasteiger partial charge in [0.2, 0.25) is 5.82 Å². The van der Waals surface area contributed by atoms with Gasteiger partial charge in [-0.3, -0.25) is 0 Å². The normalized spacial score (nSPS) is 13.8. The van der Waals surface area contributed by atoms with Gasteiger partial charge in [-0.05, 0) is 18.1 Å². The van der Waals surface area contributed by atoms with Gasteiger partial charge < -0.3 is 10.3 Å². The molecule has 0 fully saturated rings. The van der Waals surface area contributed by atoms with Gasteiger partial charge >= 0.3 is 0 Å². The number of halogens is 1. The highest BCUT2D eigenvalue weighted by Gasteiger charge is 2.24. The second-order valence-electron chi connectivity index (χ2n) is 4.31. The zero-order valence-electron chi connectivity index (χ0n) is 10.6. The highest BCUT2D eigenvalue weighted by Crippen LogP contribution is 2.30. The number of hydrogen-bond donors (Lipinski definition) is 1. The fraction of sp³-hybridized carbons (Fsp3) is 0.286. The average Bonchev–Trinajstić information content (AvgIpc) is 2.89. The maximum absolute atomic E-state index is 9.14. The molecule has 2 rings (SSSR count). The standard InChI is InChI=1S/C14H15BrN4/c1-2-12(17)14(10-5-3-4-6-11(10)15)19-8-7-18-13(19)9-16/h3-8,12,14H,2,17H2,1H3. The van der Waals surface area contributed by atoms with Gasteiger partial charge in [0.25, 0.3) is 0 Å². The molecule has 0 radical (unpaired) electrons. The Hall–Kier alpha value is -1.64. The SMILES string of the molecule is CCC(N)C(c1ccccc1Br)n1ccnc1C#N. The van der Waals surface area contributed by atoms with Crippen molar-refractivity contribution in [2.24, 2.45) is 5.73 Å². The number of imidazole rings is 1. The van der Waals surface area contributed by atoms with Gasteiger partial charge in [-0.2, -0.15) is 5.26 Å². The van der Waals surface area contributed by atoms with Crippen molar-refractivity contribution < 1.29 is 0 Å². The zero-order chi connectivity index (χ0) is 13.8. The molecule has 2 unspecified atom stereocenters. The molecule has 5 heteroatoms. The third kappa shape index (κ3) is 2.70. The minimum atomic E-state index is -0.0993. The Labute approximate surface area is 121 Å². The van der Waals surface area contributed by atoms with Crippen molar-refractivity contribution in [2.75, 3.05) is 0 Å². The van der Waals surface area contributed by atoms with Crippen LogP contribution in [0.3, 0.4) is 0 Å². The van der Waals surface area contributed by atoms with Crippen molar-refractivity contribution in [1.82, 2.24) is 9.55 Å². The quantitative estimate of drug-likeness (QED) is 0.942. The minimum Gasteiger partial charge on any atom is -0.326 e. The first-order valence-electron chi connectivity index (χ1n) is 6.12. The first-order valence-corrected chi connectivity index (χ1v) is 6.91. The zero-order valence-corrected chi connectivity index (χ0v) is 12.2. The number of aromatic nitrogens is 2. The van der Waals surface area contributed by atoms with Gasteiger partial charge in [0, 0.05) is 22.9 Å². The lowest BCUT2D eigenvalue weighted by molar-refractivity contribution is 0.454. The molecular weight excluding hydrogens is 304 g/mol. The molecule has 98 valence electrons. The molecule has 2 atom stereocenters. The lowest BCUT2D eigenvalue weighted by atomic mass is 9.97. The summed E-state index contributed by atoms with van der Waals surface area (Å²) in [5.74, 6) is 0.379. The molecule has 0 amide bonds. The highest BCUT2D eigenvalue weighted by molar-refractivity contribution is 9.10. The lowest BCUT2D eigenvalue weighted by Gasteiger charge is -2.26. The van der Waals surface area contributed by atoms with Gasteiger partial charge in [0.1, 0.15) is 6.07 Å². The Balaban J connectivity index is 2.55. The summed E-state index contributed by atoms with van der Waals surface area (Å²) in [6.07, 6.45) is 4.25. The molecular formula is C14H15BrN4. The van der Waals surface area contributed by atoms with Crippen LogP contribution in [0, 0.1) is 11.3 Å². The number of nitrogens with zero attached hydrogens (tertiary/aromatic N) is 3. The second kappa shape index (κ2) is 6.00. The Morgan fingerprint density at radius 2 is 2.21 bits per heavy atom. The summed E-state index contributed by atoms with van der Waals surface area (Å²) < 4.78 is 2.83. The Morgan fingerprint density at radius 3 is 2.84 bits per heavy atom. The van der Waals surface area contributed by atoms with E-state index in [1.54, 1.807) is 12.4 Å². The summed E-state index contributed by atoms with van der Waals surface area (Å²) in [5, 5.41) is 9.14. The van der Waals surface area contributed by atoms with Crippen molar-refractivity contribution in [1.29, 1.82) is 5.26 Å². The summed E-state index contributed by atoms with van der Waals surface area (Å²) in [6.45, 7) is 2.04. The van der Waals surface area contributed by atoms with E-state index in [0.717, 1.165) is 16.5 Å². The average molecular weight is 319 g/mol. The van der Waals surface area contributed by atoms with E-state index in [1.807, 2.05) is 35.8 Å². The van der Waals surface area contributed by atoms with E-state index < -0.39 is 0 Å². The Bertz CT molecular complexity index is 597. The maximum Gasteiger partial charge on any atom is 0.213 e. The molecule has 4 nitrogen and oxygen atoms in total. The topological polar surface area (TPSA) is 67.6 Å². The fourth-order valence-electron chi connectivity index (χ4n) is 2.15. The van der Waals surface area contributed by atoms with E-state index in [9.17, 15) is 0 Å². The van der Waals surface area contributed by atoms with E-state index in [4.69, 9.17) is 11.0 Å². The molecule has 1 aromatic heterocycles. The number of rotatable bonds is 4. The van der Waals surface area contributed by atoms with E-state index in [0.29, 0.717) is 5.82 Å². The van der Waals surface area contributed by atoms with Crippen molar-refractivity contribution in [2.45, 2.75) is 25.4 Å². The van der Waals surface area contributed by atoms with Crippen LogP contribution >= 0.6 is 15.9 Å². The van der Waals surface area contributed by atoms with Crippen molar-refractivity contribution in [3.63, 3.8) is 0 Å². The first kappa shape index (κ1) is 13.8. The predicted octanol–water partition coefficient (Wildman–Crippen LogP) is 2.84. The van der Waals surface area contributed by atoms with Gasteiger partial charge in [-0.15, -0.1) is 0 Å². The van der Waals surface area contributed by atoms with Crippen LogP contribution in [-0.2, 0) is 0 Å².